The second-order valence-corrected chi connectivity index (χ2v) is 5.59. The summed E-state index contributed by atoms with van der Waals surface area (Å²) < 4.78 is 5.58. The van der Waals surface area contributed by atoms with Gasteiger partial charge in [0.25, 0.3) is 0 Å². The van der Waals surface area contributed by atoms with Crippen LogP contribution in [0.4, 0.5) is 11.4 Å². The van der Waals surface area contributed by atoms with Crippen LogP contribution in [0, 0.1) is 0 Å². The molecule has 4 aromatic rings. The van der Waals surface area contributed by atoms with Crippen molar-refractivity contribution in [1.29, 1.82) is 0 Å². The van der Waals surface area contributed by atoms with Gasteiger partial charge in [-0.15, -0.1) is 0 Å². The molecule has 0 aromatic heterocycles. The highest BCUT2D eigenvalue weighted by Crippen LogP contribution is 2.19. The highest BCUT2D eigenvalue weighted by Gasteiger charge is 1.92. The number of para-hydroxylation sites is 4. The fraction of sp³-hybridized carbons (Fsp3) is 0. The maximum Gasteiger partial charge on any atom is 0.127 e. The normalized spacial score (nSPS) is 9.54. The Hall–Kier alpha value is -3.52. The monoisotopic (exact) mass is 339 g/mol. The van der Waals surface area contributed by atoms with Crippen LogP contribution in [-0.2, 0) is 0 Å². The van der Waals surface area contributed by atoms with Crippen LogP contribution in [0.5, 0.6) is 11.5 Å². The van der Waals surface area contributed by atoms with Gasteiger partial charge in [-0.25, -0.2) is 0 Å². The Labute approximate surface area is 154 Å². The molecule has 0 spiro atoms. The average Bonchev–Trinajstić information content (AvgIpc) is 2.72. The molecule has 26 heavy (non-hydrogen) atoms. The maximum atomic E-state index is 5.58. The molecule has 0 atom stereocenters. The number of ether oxygens (including phenoxy) is 1. The third-order valence-corrected chi connectivity index (χ3v) is 3.56. The minimum absolute atomic E-state index is 0.869. The van der Waals surface area contributed by atoms with Crippen LogP contribution >= 0.6 is 0 Å². The molecule has 0 aliphatic carbocycles. The minimum atomic E-state index is 0.869. The van der Waals surface area contributed by atoms with Gasteiger partial charge in [-0.1, -0.05) is 72.8 Å². The van der Waals surface area contributed by atoms with E-state index < -0.39 is 0 Å². The van der Waals surface area contributed by atoms with Crippen LogP contribution < -0.4 is 10.1 Å². The summed E-state index contributed by atoms with van der Waals surface area (Å²) in [5.74, 6) is 1.74. The predicted molar refractivity (Wildman–Crippen MR) is 109 cm³/mol. The van der Waals surface area contributed by atoms with Gasteiger partial charge in [0.15, 0.2) is 0 Å². The van der Waals surface area contributed by atoms with Crippen LogP contribution in [0.3, 0.4) is 0 Å². The lowest BCUT2D eigenvalue weighted by molar-refractivity contribution is 0.482. The Kier molecular flexibility index (Phi) is 6.46. The molecule has 0 aliphatic heterocycles. The molecule has 0 radical (unpaired) electrons. The SMILES string of the molecule is c1ccc(Nc2ccccc2)cc1.c1ccc(Oc2ccccc2)cc1. The molecule has 1 N–H and O–H groups in total. The van der Waals surface area contributed by atoms with Gasteiger partial charge in [-0.3, -0.25) is 0 Å². The zero-order chi connectivity index (χ0) is 17.9. The van der Waals surface area contributed by atoms with Gasteiger partial charge in [0, 0.05) is 11.4 Å². The summed E-state index contributed by atoms with van der Waals surface area (Å²) in [6.07, 6.45) is 0. The van der Waals surface area contributed by atoms with Crippen molar-refractivity contribution in [2.45, 2.75) is 0 Å². The summed E-state index contributed by atoms with van der Waals surface area (Å²) >= 11 is 0. The lowest BCUT2D eigenvalue weighted by Gasteiger charge is -2.04. The number of rotatable bonds is 4. The number of hydrogen-bond acceptors (Lipinski definition) is 2. The second-order valence-electron chi connectivity index (χ2n) is 5.59. The van der Waals surface area contributed by atoms with E-state index in [1.807, 2.05) is 121 Å². The first-order valence-corrected chi connectivity index (χ1v) is 8.55. The number of nitrogens with one attached hydrogen (secondary N) is 1. The summed E-state index contributed by atoms with van der Waals surface area (Å²) in [5, 5.41) is 3.30. The van der Waals surface area contributed by atoms with Crippen molar-refractivity contribution in [1.82, 2.24) is 0 Å². The minimum Gasteiger partial charge on any atom is -0.457 e. The zero-order valence-electron chi connectivity index (χ0n) is 14.5. The Balaban J connectivity index is 0.000000151. The first-order chi connectivity index (χ1) is 12.9. The number of anilines is 2. The molecule has 128 valence electrons. The third-order valence-electron chi connectivity index (χ3n) is 3.56. The van der Waals surface area contributed by atoms with Crippen LogP contribution in [-0.4, -0.2) is 0 Å². The van der Waals surface area contributed by atoms with Crippen molar-refractivity contribution >= 4 is 11.4 Å². The predicted octanol–water partition coefficient (Wildman–Crippen LogP) is 6.91. The van der Waals surface area contributed by atoms with Crippen molar-refractivity contribution in [3.8, 4) is 11.5 Å². The molecule has 4 rings (SSSR count). The van der Waals surface area contributed by atoms with Gasteiger partial charge in [0.1, 0.15) is 11.5 Å². The summed E-state index contributed by atoms with van der Waals surface area (Å²) in [7, 11) is 0. The van der Waals surface area contributed by atoms with E-state index in [4.69, 9.17) is 4.74 Å². The molecule has 0 saturated heterocycles. The van der Waals surface area contributed by atoms with Gasteiger partial charge in [0.2, 0.25) is 0 Å². The van der Waals surface area contributed by atoms with E-state index in [0.717, 1.165) is 22.9 Å². The van der Waals surface area contributed by atoms with Crippen molar-refractivity contribution in [2.24, 2.45) is 0 Å². The third kappa shape index (κ3) is 5.84. The second kappa shape index (κ2) is 9.70. The van der Waals surface area contributed by atoms with Gasteiger partial charge < -0.3 is 10.1 Å². The highest BCUT2D eigenvalue weighted by molar-refractivity contribution is 5.58. The molecule has 0 aliphatic rings. The molecule has 0 fully saturated rings. The van der Waals surface area contributed by atoms with E-state index in [-0.39, 0.29) is 0 Å². The van der Waals surface area contributed by atoms with Crippen molar-refractivity contribution < 1.29 is 4.74 Å². The topological polar surface area (TPSA) is 21.3 Å². The van der Waals surface area contributed by atoms with Gasteiger partial charge in [-0.2, -0.15) is 0 Å². The molecular formula is C24H21NO. The maximum absolute atomic E-state index is 5.58. The molecular weight excluding hydrogens is 318 g/mol. The van der Waals surface area contributed by atoms with Crippen LogP contribution in [0.25, 0.3) is 0 Å². The molecule has 0 bridgehead atoms. The van der Waals surface area contributed by atoms with Crippen molar-refractivity contribution in [2.75, 3.05) is 5.32 Å². The van der Waals surface area contributed by atoms with E-state index in [2.05, 4.69) is 5.32 Å². The van der Waals surface area contributed by atoms with Crippen molar-refractivity contribution in [3.05, 3.63) is 121 Å². The van der Waals surface area contributed by atoms with E-state index in [9.17, 15) is 0 Å². The van der Waals surface area contributed by atoms with Gasteiger partial charge in [-0.05, 0) is 48.5 Å². The first-order valence-electron chi connectivity index (χ1n) is 8.55. The molecule has 2 nitrogen and oxygen atoms in total. The summed E-state index contributed by atoms with van der Waals surface area (Å²) in [6, 6.07) is 39.8. The largest absolute Gasteiger partial charge is 0.457 e. The van der Waals surface area contributed by atoms with Crippen molar-refractivity contribution in [3.63, 3.8) is 0 Å². The Morgan fingerprint density at radius 3 is 1.04 bits per heavy atom. The van der Waals surface area contributed by atoms with Crippen LogP contribution in [0.1, 0.15) is 0 Å². The summed E-state index contributed by atoms with van der Waals surface area (Å²) in [6.45, 7) is 0. The average molecular weight is 339 g/mol. The molecule has 4 aromatic carbocycles. The van der Waals surface area contributed by atoms with Gasteiger partial charge >= 0.3 is 0 Å². The first kappa shape index (κ1) is 17.3. The van der Waals surface area contributed by atoms with Crippen LogP contribution in [0.15, 0.2) is 121 Å². The lowest BCUT2D eigenvalue weighted by atomic mass is 10.3. The fourth-order valence-corrected chi connectivity index (χ4v) is 2.32. The van der Waals surface area contributed by atoms with E-state index in [1.54, 1.807) is 0 Å². The van der Waals surface area contributed by atoms with E-state index in [0.29, 0.717) is 0 Å². The smallest absolute Gasteiger partial charge is 0.127 e. The summed E-state index contributed by atoms with van der Waals surface area (Å²) in [4.78, 5) is 0. The molecule has 2 heteroatoms. The molecule has 0 unspecified atom stereocenters. The lowest BCUT2D eigenvalue weighted by Crippen LogP contribution is -1.87. The standard InChI is InChI=1S/C12H11N.C12H10O/c2*1-3-7-11(8-4-1)13-12-9-5-2-6-10-12/h1-10,13H;1-10H. The number of benzene rings is 4. The Bertz CT molecular complexity index is 711. The zero-order valence-corrected chi connectivity index (χ0v) is 14.5. The van der Waals surface area contributed by atoms with Gasteiger partial charge in [0.05, 0.1) is 0 Å². The Morgan fingerprint density at radius 2 is 0.692 bits per heavy atom. The highest BCUT2D eigenvalue weighted by atomic mass is 16.5. The summed E-state index contributed by atoms with van der Waals surface area (Å²) in [5.41, 5.74) is 2.24. The number of hydrogen-bond donors (Lipinski definition) is 1. The van der Waals surface area contributed by atoms with E-state index >= 15 is 0 Å². The van der Waals surface area contributed by atoms with E-state index in [1.165, 1.54) is 0 Å². The molecule has 0 heterocycles. The fourth-order valence-electron chi connectivity index (χ4n) is 2.32. The molecule has 0 amide bonds. The Morgan fingerprint density at radius 1 is 0.385 bits per heavy atom. The quantitative estimate of drug-likeness (QED) is 0.436. The molecule has 0 saturated carbocycles. The van der Waals surface area contributed by atoms with Crippen LogP contribution in [0.2, 0.25) is 0 Å².